The Morgan fingerprint density at radius 2 is 1.74 bits per heavy atom. The molecular formula is C19H32O2S2. The van der Waals surface area contributed by atoms with Crippen LogP contribution in [0.25, 0.3) is 0 Å². The highest BCUT2D eigenvalue weighted by molar-refractivity contribution is 8.68. The van der Waals surface area contributed by atoms with Gasteiger partial charge in [-0.05, 0) is 85.9 Å². The van der Waals surface area contributed by atoms with Crippen LogP contribution in [0.1, 0.15) is 65.2 Å². The lowest BCUT2D eigenvalue weighted by molar-refractivity contribution is -0.130. The molecule has 4 fully saturated rings. The van der Waals surface area contributed by atoms with Gasteiger partial charge in [0.15, 0.2) is 0 Å². The van der Waals surface area contributed by atoms with Gasteiger partial charge in [0.25, 0.3) is 0 Å². The first kappa shape index (κ1) is 17.1. The first-order valence-corrected chi connectivity index (χ1v) is 11.5. The number of fused-ring (bicyclic) bond motifs is 5. The lowest BCUT2D eigenvalue weighted by Gasteiger charge is -2.62. The van der Waals surface area contributed by atoms with Crippen molar-refractivity contribution in [1.82, 2.24) is 0 Å². The van der Waals surface area contributed by atoms with Gasteiger partial charge in [-0.25, -0.2) is 0 Å². The van der Waals surface area contributed by atoms with Crippen LogP contribution in [-0.4, -0.2) is 27.7 Å². The second kappa shape index (κ2) is 5.82. The zero-order valence-electron chi connectivity index (χ0n) is 14.4. The molecule has 0 aliphatic heterocycles. The van der Waals surface area contributed by atoms with E-state index in [2.05, 4.69) is 25.5 Å². The zero-order valence-corrected chi connectivity index (χ0v) is 16.2. The molecule has 0 bridgehead atoms. The Labute approximate surface area is 150 Å². The third kappa shape index (κ3) is 2.30. The minimum absolute atomic E-state index is 0.0813. The molecule has 0 saturated heterocycles. The number of rotatable bonds is 1. The molecule has 0 spiro atoms. The predicted octanol–water partition coefficient (Wildman–Crippen LogP) is 4.31. The maximum Gasteiger partial charge on any atom is 0.0596 e. The molecule has 4 saturated carbocycles. The van der Waals surface area contributed by atoms with E-state index in [4.69, 9.17) is 0 Å². The van der Waals surface area contributed by atoms with Crippen LogP contribution in [-0.2, 0) is 0 Å². The van der Waals surface area contributed by atoms with E-state index < -0.39 is 0 Å². The van der Waals surface area contributed by atoms with Crippen molar-refractivity contribution < 1.29 is 10.2 Å². The number of aliphatic hydroxyl groups is 2. The number of thiol groups is 1. The van der Waals surface area contributed by atoms with Gasteiger partial charge in [0.1, 0.15) is 0 Å². The molecule has 0 heterocycles. The topological polar surface area (TPSA) is 40.5 Å². The summed E-state index contributed by atoms with van der Waals surface area (Å²) in [6.45, 7) is 4.87. The second-order valence-electron chi connectivity index (χ2n) is 9.37. The molecule has 0 aromatic heterocycles. The normalized spacial score (nSPS) is 59.1. The quantitative estimate of drug-likeness (QED) is 0.484. The lowest BCUT2D eigenvalue weighted by Crippen LogP contribution is -2.58. The third-order valence-corrected chi connectivity index (χ3v) is 10.5. The molecule has 132 valence electrons. The Morgan fingerprint density at radius 3 is 2.48 bits per heavy atom. The van der Waals surface area contributed by atoms with Gasteiger partial charge in [0.2, 0.25) is 0 Å². The van der Waals surface area contributed by atoms with Gasteiger partial charge < -0.3 is 10.2 Å². The van der Waals surface area contributed by atoms with Crippen LogP contribution < -0.4 is 0 Å². The summed E-state index contributed by atoms with van der Waals surface area (Å²) < 4.78 is 0. The molecular weight excluding hydrogens is 324 g/mol. The van der Waals surface area contributed by atoms with Crippen LogP contribution in [0.15, 0.2) is 0 Å². The molecule has 4 unspecified atom stereocenters. The largest absolute Gasteiger partial charge is 0.393 e. The van der Waals surface area contributed by atoms with Crippen LogP contribution in [0.5, 0.6) is 0 Å². The van der Waals surface area contributed by atoms with Gasteiger partial charge >= 0.3 is 0 Å². The van der Waals surface area contributed by atoms with Crippen molar-refractivity contribution in [3.05, 3.63) is 0 Å². The summed E-state index contributed by atoms with van der Waals surface area (Å²) >= 11 is 4.60. The van der Waals surface area contributed by atoms with Crippen molar-refractivity contribution in [2.75, 3.05) is 0 Å². The fraction of sp³-hybridized carbons (Fsp3) is 1.00. The SMILES string of the molecule is C[C@]12C(CC[C@@H]3[C@H]1CC[C@]1(C)C(O)CC[C@@H]31)CC(O)CC2SS. The molecule has 0 aromatic rings. The van der Waals surface area contributed by atoms with E-state index >= 15 is 0 Å². The Hall–Kier alpha value is 0.620. The minimum Gasteiger partial charge on any atom is -0.393 e. The van der Waals surface area contributed by atoms with E-state index in [0.717, 1.165) is 31.1 Å². The fourth-order valence-electron chi connectivity index (χ4n) is 7.40. The summed E-state index contributed by atoms with van der Waals surface area (Å²) in [4.78, 5) is 0. The molecule has 4 aliphatic carbocycles. The lowest BCUT2D eigenvalue weighted by atomic mass is 9.45. The van der Waals surface area contributed by atoms with E-state index in [1.807, 2.05) is 0 Å². The molecule has 0 amide bonds. The predicted molar refractivity (Wildman–Crippen MR) is 99.5 cm³/mol. The number of hydrogen-bond donors (Lipinski definition) is 3. The minimum atomic E-state index is -0.128. The maximum atomic E-state index is 10.6. The van der Waals surface area contributed by atoms with Crippen molar-refractivity contribution in [3.8, 4) is 0 Å². The first-order valence-electron chi connectivity index (χ1n) is 9.57. The highest BCUT2D eigenvalue weighted by Gasteiger charge is 2.62. The first-order chi connectivity index (χ1) is 10.9. The molecule has 4 heteroatoms. The van der Waals surface area contributed by atoms with Crippen LogP contribution in [0, 0.1) is 34.5 Å². The van der Waals surface area contributed by atoms with Crippen molar-refractivity contribution in [1.29, 1.82) is 0 Å². The standard InChI is InChI=1S/C19H32O2S2/c1-18-8-7-15-13(14(18)5-6-16(18)21)4-3-11-9-12(20)10-17(23-22)19(11,15)2/h11-17,20-22H,3-10H2,1-2H3/t11?,12?,13-,14-,15+,16?,17?,18-,19-/m0/s1. The monoisotopic (exact) mass is 356 g/mol. The van der Waals surface area contributed by atoms with E-state index in [1.165, 1.54) is 32.1 Å². The molecule has 9 atom stereocenters. The summed E-state index contributed by atoms with van der Waals surface area (Å²) in [7, 11) is 1.70. The fourth-order valence-corrected chi connectivity index (χ4v) is 9.24. The third-order valence-electron chi connectivity index (χ3n) is 8.78. The molecule has 0 aromatic carbocycles. The number of hydrogen-bond acceptors (Lipinski definition) is 4. The summed E-state index contributed by atoms with van der Waals surface area (Å²) in [5, 5.41) is 21.3. The van der Waals surface area contributed by atoms with E-state index in [0.29, 0.717) is 22.5 Å². The molecule has 4 rings (SSSR count). The van der Waals surface area contributed by atoms with Crippen LogP contribution in [0.2, 0.25) is 0 Å². The van der Waals surface area contributed by atoms with Gasteiger partial charge in [-0.3, -0.25) is 0 Å². The molecule has 0 radical (unpaired) electrons. The van der Waals surface area contributed by atoms with Gasteiger partial charge in [0, 0.05) is 5.25 Å². The summed E-state index contributed by atoms with van der Waals surface area (Å²) in [5.74, 6) is 2.92. The smallest absolute Gasteiger partial charge is 0.0596 e. The Bertz CT molecular complexity index is 462. The van der Waals surface area contributed by atoms with Gasteiger partial charge in [0.05, 0.1) is 12.2 Å². The van der Waals surface area contributed by atoms with Crippen LogP contribution in [0.4, 0.5) is 0 Å². The van der Waals surface area contributed by atoms with Crippen molar-refractivity contribution in [2.45, 2.75) is 82.7 Å². The maximum absolute atomic E-state index is 10.6. The average molecular weight is 357 g/mol. The Kier molecular flexibility index (Phi) is 4.32. The molecule has 23 heavy (non-hydrogen) atoms. The van der Waals surface area contributed by atoms with Gasteiger partial charge in [-0.15, -0.1) is 11.7 Å². The average Bonchev–Trinajstić information content (AvgIpc) is 2.83. The van der Waals surface area contributed by atoms with E-state index in [9.17, 15) is 10.2 Å². The second-order valence-corrected chi connectivity index (χ2v) is 10.8. The van der Waals surface area contributed by atoms with Gasteiger partial charge in [-0.2, -0.15) is 0 Å². The van der Waals surface area contributed by atoms with E-state index in [-0.39, 0.29) is 17.6 Å². The molecule has 2 nitrogen and oxygen atoms in total. The summed E-state index contributed by atoms with van der Waals surface area (Å²) in [6, 6.07) is 0. The Balaban J connectivity index is 1.67. The highest BCUT2D eigenvalue weighted by Crippen LogP contribution is 2.67. The zero-order chi connectivity index (χ0) is 16.4. The van der Waals surface area contributed by atoms with Crippen molar-refractivity contribution in [2.24, 2.45) is 34.5 Å². The summed E-state index contributed by atoms with van der Waals surface area (Å²) in [5.41, 5.74) is 0.492. The van der Waals surface area contributed by atoms with Crippen LogP contribution >= 0.6 is 22.5 Å². The van der Waals surface area contributed by atoms with Crippen LogP contribution in [0.3, 0.4) is 0 Å². The summed E-state index contributed by atoms with van der Waals surface area (Å²) in [6.07, 6.45) is 8.96. The van der Waals surface area contributed by atoms with Crippen molar-refractivity contribution in [3.63, 3.8) is 0 Å². The van der Waals surface area contributed by atoms with Gasteiger partial charge in [-0.1, -0.05) is 24.6 Å². The number of aliphatic hydroxyl groups excluding tert-OH is 2. The molecule has 4 aliphatic rings. The highest BCUT2D eigenvalue weighted by atomic mass is 33.1. The van der Waals surface area contributed by atoms with E-state index in [1.54, 1.807) is 10.8 Å². The molecule has 2 N–H and O–H groups in total. The Morgan fingerprint density at radius 1 is 0.957 bits per heavy atom. The van der Waals surface area contributed by atoms with Crippen molar-refractivity contribution >= 4 is 22.5 Å².